The Bertz CT molecular complexity index is 1320. The van der Waals surface area contributed by atoms with Gasteiger partial charge in [-0.2, -0.15) is 0 Å². The van der Waals surface area contributed by atoms with Crippen LogP contribution in [0.2, 0.25) is 0 Å². The fourth-order valence-corrected chi connectivity index (χ4v) is 4.63. The van der Waals surface area contributed by atoms with E-state index in [0.717, 1.165) is 0 Å². The molecule has 29 heavy (non-hydrogen) atoms. The van der Waals surface area contributed by atoms with Crippen LogP contribution in [0.1, 0.15) is 0 Å². The number of fused-ring (bicyclic) bond motifs is 1. The second kappa shape index (κ2) is 7.25. The van der Waals surface area contributed by atoms with Crippen molar-refractivity contribution in [2.24, 2.45) is 0 Å². The van der Waals surface area contributed by atoms with Crippen molar-refractivity contribution in [2.45, 2.75) is 9.79 Å². The van der Waals surface area contributed by atoms with E-state index in [0.29, 0.717) is 22.2 Å². The summed E-state index contributed by atoms with van der Waals surface area (Å²) in [6.45, 7) is 0. The van der Waals surface area contributed by atoms with E-state index in [9.17, 15) is 17.2 Å². The largest absolute Gasteiger partial charge is 0.497 e. The van der Waals surface area contributed by atoms with Gasteiger partial charge in [-0.25, -0.2) is 17.2 Å². The number of hydrogen-bond acceptors (Lipinski definition) is 4. The van der Waals surface area contributed by atoms with Crippen molar-refractivity contribution in [3.05, 3.63) is 84.6 Å². The zero-order valence-electron chi connectivity index (χ0n) is 15.3. The Morgan fingerprint density at radius 1 is 0.897 bits per heavy atom. The molecule has 0 atom stereocenters. The third-order valence-corrected chi connectivity index (χ3v) is 6.33. The van der Waals surface area contributed by atoms with Crippen LogP contribution in [0.4, 0.5) is 8.78 Å². The first-order valence-corrected chi connectivity index (χ1v) is 10.1. The predicted octanol–water partition coefficient (Wildman–Crippen LogP) is 5.02. The number of sulfone groups is 1. The summed E-state index contributed by atoms with van der Waals surface area (Å²) in [7, 11) is -2.58. The summed E-state index contributed by atoms with van der Waals surface area (Å²) < 4.78 is 59.4. The van der Waals surface area contributed by atoms with Gasteiger partial charge in [0.25, 0.3) is 0 Å². The van der Waals surface area contributed by atoms with Crippen LogP contribution in [-0.4, -0.2) is 20.5 Å². The topological polar surface area (TPSA) is 56.3 Å². The van der Waals surface area contributed by atoms with Gasteiger partial charge in [-0.1, -0.05) is 18.2 Å². The maximum Gasteiger partial charge on any atom is 0.208 e. The Morgan fingerprint density at radius 3 is 2.34 bits per heavy atom. The first-order valence-electron chi connectivity index (χ1n) is 8.63. The van der Waals surface area contributed by atoms with Gasteiger partial charge in [-0.15, -0.1) is 0 Å². The van der Waals surface area contributed by atoms with Crippen molar-refractivity contribution in [3.8, 4) is 16.9 Å². The fraction of sp³-hybridized carbons (Fsp3) is 0.0455. The number of benzene rings is 3. The van der Waals surface area contributed by atoms with Crippen molar-refractivity contribution >= 4 is 20.7 Å². The average molecular weight is 411 g/mol. The van der Waals surface area contributed by atoms with Gasteiger partial charge in [0.05, 0.1) is 22.4 Å². The molecule has 0 spiro atoms. The first-order chi connectivity index (χ1) is 13.9. The van der Waals surface area contributed by atoms with Crippen LogP contribution in [0.5, 0.6) is 5.75 Å². The summed E-state index contributed by atoms with van der Waals surface area (Å²) in [6, 6.07) is 15.4. The Balaban J connectivity index is 2.06. The number of rotatable bonds is 4. The van der Waals surface area contributed by atoms with Gasteiger partial charge in [0, 0.05) is 17.1 Å². The lowest BCUT2D eigenvalue weighted by Crippen LogP contribution is -2.06. The number of halogens is 2. The zero-order chi connectivity index (χ0) is 20.6. The van der Waals surface area contributed by atoms with Crippen molar-refractivity contribution in [1.29, 1.82) is 0 Å². The normalized spacial score (nSPS) is 11.6. The Kier molecular flexibility index (Phi) is 4.76. The molecule has 4 aromatic rings. The minimum absolute atomic E-state index is 0.0118. The molecule has 146 valence electrons. The quantitative estimate of drug-likeness (QED) is 0.473. The first kappa shape index (κ1) is 19.0. The van der Waals surface area contributed by atoms with Gasteiger partial charge >= 0.3 is 0 Å². The van der Waals surface area contributed by atoms with Crippen molar-refractivity contribution < 1.29 is 21.9 Å². The molecule has 0 saturated carbocycles. The number of nitrogens with zero attached hydrogens (tertiary/aromatic N) is 1. The van der Waals surface area contributed by atoms with E-state index < -0.39 is 21.5 Å². The number of hydrogen-bond donors (Lipinski definition) is 0. The third-order valence-electron chi connectivity index (χ3n) is 4.57. The van der Waals surface area contributed by atoms with Crippen molar-refractivity contribution in [1.82, 2.24) is 4.98 Å². The van der Waals surface area contributed by atoms with E-state index in [1.807, 2.05) is 0 Å². The molecule has 0 bridgehead atoms. The molecule has 0 unspecified atom stereocenters. The minimum Gasteiger partial charge on any atom is -0.497 e. The highest BCUT2D eigenvalue weighted by Gasteiger charge is 2.25. The molecular weight excluding hydrogens is 396 g/mol. The number of aromatic nitrogens is 1. The van der Waals surface area contributed by atoms with Crippen LogP contribution in [0.15, 0.2) is 82.7 Å². The number of pyridine rings is 1. The Morgan fingerprint density at radius 2 is 1.62 bits per heavy atom. The Hall–Kier alpha value is -3.32. The molecule has 3 aromatic carbocycles. The highest BCUT2D eigenvalue weighted by atomic mass is 32.2. The van der Waals surface area contributed by atoms with E-state index in [1.165, 1.54) is 67.9 Å². The zero-order valence-corrected chi connectivity index (χ0v) is 16.1. The second-order valence-corrected chi connectivity index (χ2v) is 8.27. The molecule has 4 nitrogen and oxygen atoms in total. The summed E-state index contributed by atoms with van der Waals surface area (Å²) in [6.07, 6.45) is 1.24. The van der Waals surface area contributed by atoms with Crippen molar-refractivity contribution in [2.75, 3.05) is 7.11 Å². The third kappa shape index (κ3) is 3.45. The molecular formula is C22H15F2NO3S. The fourth-order valence-electron chi connectivity index (χ4n) is 3.16. The molecule has 1 aromatic heterocycles. The highest BCUT2D eigenvalue weighted by Crippen LogP contribution is 2.37. The maximum atomic E-state index is 14.0. The standard InChI is InChI=1S/C22H15F2NO3S/c1-28-17-3-2-4-18(12-17)29(26,27)21-13-25-20-10-9-16(24)11-19(20)22(21)14-5-7-15(23)8-6-14/h2-13H,1H3. The summed E-state index contributed by atoms with van der Waals surface area (Å²) in [4.78, 5) is 4.12. The second-order valence-electron chi connectivity index (χ2n) is 6.35. The number of methoxy groups -OCH3 is 1. The molecule has 7 heteroatoms. The van der Waals surface area contributed by atoms with Crippen LogP contribution in [0, 0.1) is 11.6 Å². The molecule has 0 aliphatic carbocycles. The van der Waals surface area contributed by atoms with Gasteiger partial charge in [0.15, 0.2) is 0 Å². The molecule has 0 fully saturated rings. The summed E-state index contributed by atoms with van der Waals surface area (Å²) in [5, 5.41) is 0.320. The van der Waals surface area contributed by atoms with E-state index in [2.05, 4.69) is 4.98 Å². The van der Waals surface area contributed by atoms with Gasteiger partial charge in [0.1, 0.15) is 17.4 Å². The van der Waals surface area contributed by atoms with Crippen LogP contribution < -0.4 is 4.74 Å². The number of ether oxygens (including phenoxy) is 1. The molecule has 1 heterocycles. The van der Waals surface area contributed by atoms with Crippen LogP contribution in [0.25, 0.3) is 22.0 Å². The summed E-state index contributed by atoms with van der Waals surface area (Å²) in [5.41, 5.74) is 1.12. The average Bonchev–Trinajstić information content (AvgIpc) is 2.73. The van der Waals surface area contributed by atoms with E-state index in [1.54, 1.807) is 12.1 Å². The van der Waals surface area contributed by atoms with Crippen LogP contribution >= 0.6 is 0 Å². The van der Waals surface area contributed by atoms with Crippen LogP contribution in [-0.2, 0) is 9.84 Å². The van der Waals surface area contributed by atoms with E-state index >= 15 is 0 Å². The minimum atomic E-state index is -4.02. The lowest BCUT2D eigenvalue weighted by Gasteiger charge is -2.14. The van der Waals surface area contributed by atoms with E-state index in [4.69, 9.17) is 4.74 Å². The Labute approximate surface area is 166 Å². The van der Waals surface area contributed by atoms with Crippen LogP contribution in [0.3, 0.4) is 0 Å². The smallest absolute Gasteiger partial charge is 0.208 e. The molecule has 0 saturated heterocycles. The lowest BCUT2D eigenvalue weighted by molar-refractivity contribution is 0.413. The highest BCUT2D eigenvalue weighted by molar-refractivity contribution is 7.91. The maximum absolute atomic E-state index is 14.0. The summed E-state index contributed by atoms with van der Waals surface area (Å²) in [5.74, 6) is -0.608. The van der Waals surface area contributed by atoms with Gasteiger partial charge < -0.3 is 4.74 Å². The molecule has 0 radical (unpaired) electrons. The lowest BCUT2D eigenvalue weighted by atomic mass is 10.0. The monoisotopic (exact) mass is 411 g/mol. The molecule has 0 N–H and O–H groups in total. The molecule has 0 aliphatic rings. The van der Waals surface area contributed by atoms with Crippen molar-refractivity contribution in [3.63, 3.8) is 0 Å². The van der Waals surface area contributed by atoms with Gasteiger partial charge in [-0.05, 0) is 54.1 Å². The van der Waals surface area contributed by atoms with Gasteiger partial charge in [-0.3, -0.25) is 4.98 Å². The molecule has 0 amide bonds. The molecule has 4 rings (SSSR count). The van der Waals surface area contributed by atoms with Gasteiger partial charge in [0.2, 0.25) is 9.84 Å². The van der Waals surface area contributed by atoms with E-state index in [-0.39, 0.29) is 15.4 Å². The predicted molar refractivity (Wildman–Crippen MR) is 106 cm³/mol. The SMILES string of the molecule is COc1cccc(S(=O)(=O)c2cnc3ccc(F)cc3c2-c2ccc(F)cc2)c1. The molecule has 0 aliphatic heterocycles. The summed E-state index contributed by atoms with van der Waals surface area (Å²) >= 11 is 0.